The number of carbonyl (C=O) groups excluding carboxylic acids is 3. The number of hydrogen-bond acceptors (Lipinski definition) is 5. The first kappa shape index (κ1) is 21.7. The highest BCUT2D eigenvalue weighted by Crippen LogP contribution is 2.22. The smallest absolute Gasteiger partial charge is 0.408 e. The van der Waals surface area contributed by atoms with Gasteiger partial charge in [0.1, 0.15) is 17.9 Å². The van der Waals surface area contributed by atoms with Crippen molar-refractivity contribution >= 4 is 29.3 Å². The molecule has 2 aromatic rings. The van der Waals surface area contributed by atoms with Crippen molar-refractivity contribution in [3.8, 4) is 5.75 Å². The number of rotatable bonds is 6. The number of nitrogens with one attached hydrogen (secondary N) is 3. The lowest BCUT2D eigenvalue weighted by Crippen LogP contribution is -2.37. The van der Waals surface area contributed by atoms with Gasteiger partial charge in [0, 0.05) is 5.56 Å². The molecule has 3 amide bonds. The molecule has 0 unspecified atom stereocenters. The van der Waals surface area contributed by atoms with Crippen molar-refractivity contribution < 1.29 is 23.9 Å². The van der Waals surface area contributed by atoms with Crippen LogP contribution in [0.5, 0.6) is 5.75 Å². The summed E-state index contributed by atoms with van der Waals surface area (Å²) in [6.45, 7) is 4.92. The number of carbonyl (C=O) groups is 3. The number of methoxy groups -OCH3 is 1. The number of amides is 3. The van der Waals surface area contributed by atoms with Crippen molar-refractivity contribution in [1.29, 1.82) is 0 Å². The molecule has 0 bridgehead atoms. The third-order valence-corrected chi connectivity index (χ3v) is 3.57. The summed E-state index contributed by atoms with van der Waals surface area (Å²) >= 11 is 0. The quantitative estimate of drug-likeness (QED) is 0.690. The van der Waals surface area contributed by atoms with Gasteiger partial charge in [-0.3, -0.25) is 9.59 Å². The Labute approximate surface area is 169 Å². The molecule has 3 N–H and O–H groups in total. The Morgan fingerprint density at radius 2 is 1.59 bits per heavy atom. The van der Waals surface area contributed by atoms with Crippen LogP contribution in [0.15, 0.2) is 48.5 Å². The summed E-state index contributed by atoms with van der Waals surface area (Å²) in [5.74, 6) is -0.246. The van der Waals surface area contributed by atoms with Gasteiger partial charge >= 0.3 is 6.09 Å². The molecular formula is C21H25N3O5. The second-order valence-corrected chi connectivity index (χ2v) is 7.14. The first-order chi connectivity index (χ1) is 13.7. The van der Waals surface area contributed by atoms with Gasteiger partial charge in [0.2, 0.25) is 5.91 Å². The van der Waals surface area contributed by atoms with Gasteiger partial charge in [-0.1, -0.05) is 18.2 Å². The summed E-state index contributed by atoms with van der Waals surface area (Å²) in [6.07, 6.45) is -0.688. The monoisotopic (exact) mass is 399 g/mol. The van der Waals surface area contributed by atoms with Gasteiger partial charge in [-0.15, -0.1) is 0 Å². The fourth-order valence-electron chi connectivity index (χ4n) is 2.32. The van der Waals surface area contributed by atoms with Crippen LogP contribution in [-0.4, -0.2) is 37.2 Å². The molecule has 154 valence electrons. The van der Waals surface area contributed by atoms with Gasteiger partial charge in [0.05, 0.1) is 18.5 Å². The van der Waals surface area contributed by atoms with Crippen molar-refractivity contribution in [3.63, 3.8) is 0 Å². The van der Waals surface area contributed by atoms with Crippen LogP contribution in [0.25, 0.3) is 0 Å². The maximum atomic E-state index is 12.5. The van der Waals surface area contributed by atoms with Gasteiger partial charge in [-0.2, -0.15) is 0 Å². The molecule has 0 saturated carbocycles. The van der Waals surface area contributed by atoms with Gasteiger partial charge in [-0.05, 0) is 51.1 Å². The van der Waals surface area contributed by atoms with E-state index in [4.69, 9.17) is 9.47 Å². The summed E-state index contributed by atoms with van der Waals surface area (Å²) in [4.78, 5) is 36.3. The van der Waals surface area contributed by atoms with Gasteiger partial charge in [0.25, 0.3) is 5.91 Å². The zero-order chi connectivity index (χ0) is 21.4. The third kappa shape index (κ3) is 7.17. The minimum Gasteiger partial charge on any atom is -0.497 e. The molecule has 0 aliphatic carbocycles. The zero-order valence-corrected chi connectivity index (χ0v) is 16.9. The van der Waals surface area contributed by atoms with Crippen LogP contribution in [0.4, 0.5) is 16.2 Å². The predicted molar refractivity (Wildman–Crippen MR) is 110 cm³/mol. The average molecular weight is 399 g/mol. The molecule has 0 saturated heterocycles. The maximum Gasteiger partial charge on any atom is 0.408 e. The Balaban J connectivity index is 2.00. The molecule has 2 rings (SSSR count). The van der Waals surface area contributed by atoms with Crippen LogP contribution in [0.2, 0.25) is 0 Å². The van der Waals surface area contributed by atoms with Gasteiger partial charge < -0.3 is 25.4 Å². The number of benzene rings is 2. The van der Waals surface area contributed by atoms with Gasteiger partial charge in [-0.25, -0.2) is 4.79 Å². The molecule has 0 radical (unpaired) electrons. The van der Waals surface area contributed by atoms with Crippen molar-refractivity contribution in [2.45, 2.75) is 26.4 Å². The van der Waals surface area contributed by atoms with Crippen molar-refractivity contribution in [3.05, 3.63) is 54.1 Å². The van der Waals surface area contributed by atoms with Crippen LogP contribution in [0.3, 0.4) is 0 Å². The minimum absolute atomic E-state index is 0.271. The molecule has 0 fully saturated rings. The lowest BCUT2D eigenvalue weighted by molar-refractivity contribution is -0.115. The first-order valence-electron chi connectivity index (χ1n) is 8.99. The van der Waals surface area contributed by atoms with Crippen molar-refractivity contribution in [2.75, 3.05) is 24.3 Å². The van der Waals surface area contributed by atoms with E-state index in [9.17, 15) is 14.4 Å². The summed E-state index contributed by atoms with van der Waals surface area (Å²) in [6, 6.07) is 13.5. The Morgan fingerprint density at radius 3 is 2.21 bits per heavy atom. The minimum atomic E-state index is -0.688. The number of hydrogen-bond donors (Lipinski definition) is 3. The van der Waals surface area contributed by atoms with E-state index in [-0.39, 0.29) is 12.5 Å². The molecule has 29 heavy (non-hydrogen) atoms. The van der Waals surface area contributed by atoms with Crippen LogP contribution >= 0.6 is 0 Å². The van der Waals surface area contributed by atoms with E-state index in [0.717, 1.165) is 0 Å². The third-order valence-electron chi connectivity index (χ3n) is 3.57. The molecule has 0 aromatic heterocycles. The molecular weight excluding hydrogens is 374 g/mol. The topological polar surface area (TPSA) is 106 Å². The standard InChI is InChI=1S/C21H25N3O5/c1-21(2,3)29-20(27)22-13-18(25)23-16-10-5-6-11-17(16)24-19(26)14-8-7-9-15(12-14)28-4/h5-12H,13H2,1-4H3,(H,22,27)(H,23,25)(H,24,26). The number of para-hydroxylation sites is 2. The largest absolute Gasteiger partial charge is 0.497 e. The molecule has 0 atom stereocenters. The second kappa shape index (κ2) is 9.59. The van der Waals surface area contributed by atoms with E-state index in [1.165, 1.54) is 7.11 Å². The summed E-state index contributed by atoms with van der Waals surface area (Å²) in [5, 5.41) is 7.80. The maximum absolute atomic E-state index is 12.5. The predicted octanol–water partition coefficient (Wildman–Crippen LogP) is 3.41. The SMILES string of the molecule is COc1cccc(C(=O)Nc2ccccc2NC(=O)CNC(=O)OC(C)(C)C)c1. The highest BCUT2D eigenvalue weighted by atomic mass is 16.6. The van der Waals surface area contributed by atoms with Crippen molar-refractivity contribution in [2.24, 2.45) is 0 Å². The highest BCUT2D eigenvalue weighted by Gasteiger charge is 2.17. The summed E-state index contributed by atoms with van der Waals surface area (Å²) in [7, 11) is 1.52. The highest BCUT2D eigenvalue weighted by molar-refractivity contribution is 6.07. The lowest BCUT2D eigenvalue weighted by atomic mass is 10.2. The zero-order valence-electron chi connectivity index (χ0n) is 16.9. The van der Waals surface area contributed by atoms with E-state index in [0.29, 0.717) is 22.7 Å². The average Bonchev–Trinajstić information content (AvgIpc) is 2.66. The number of alkyl carbamates (subject to hydrolysis) is 1. The number of anilines is 2. The van der Waals surface area contributed by atoms with Gasteiger partial charge in [0.15, 0.2) is 0 Å². The Kier molecular flexibility index (Phi) is 7.19. The molecule has 0 aliphatic heterocycles. The Morgan fingerprint density at radius 1 is 0.931 bits per heavy atom. The summed E-state index contributed by atoms with van der Waals surface area (Å²) < 4.78 is 10.2. The van der Waals surface area contributed by atoms with Crippen molar-refractivity contribution in [1.82, 2.24) is 5.32 Å². The molecule has 0 heterocycles. The van der Waals surface area contributed by atoms with Crippen LogP contribution < -0.4 is 20.7 Å². The van der Waals surface area contributed by atoms with E-state index in [2.05, 4.69) is 16.0 Å². The van der Waals surface area contributed by atoms with Crippen LogP contribution in [-0.2, 0) is 9.53 Å². The Hall–Kier alpha value is -3.55. The fraction of sp³-hybridized carbons (Fsp3) is 0.286. The normalized spacial score (nSPS) is 10.6. The summed E-state index contributed by atoms with van der Waals surface area (Å²) in [5.41, 5.74) is 0.583. The van der Waals surface area contributed by atoms with E-state index < -0.39 is 17.6 Å². The lowest BCUT2D eigenvalue weighted by Gasteiger charge is -2.19. The molecule has 8 heteroatoms. The second-order valence-electron chi connectivity index (χ2n) is 7.14. The fourth-order valence-corrected chi connectivity index (χ4v) is 2.32. The first-order valence-corrected chi connectivity index (χ1v) is 8.99. The molecule has 0 aliphatic rings. The molecule has 8 nitrogen and oxygen atoms in total. The molecule has 0 spiro atoms. The Bertz CT molecular complexity index is 890. The van der Waals surface area contributed by atoms with Crippen LogP contribution in [0.1, 0.15) is 31.1 Å². The molecule has 2 aromatic carbocycles. The van der Waals surface area contributed by atoms with Crippen LogP contribution in [0, 0.1) is 0 Å². The van der Waals surface area contributed by atoms with E-state index in [1.807, 2.05) is 0 Å². The number of ether oxygens (including phenoxy) is 2. The van der Waals surface area contributed by atoms with E-state index in [1.54, 1.807) is 69.3 Å². The van der Waals surface area contributed by atoms with E-state index >= 15 is 0 Å².